The van der Waals surface area contributed by atoms with Crippen LogP contribution < -0.4 is 10.6 Å². The first kappa shape index (κ1) is 20.1. The Morgan fingerprint density at radius 1 is 1.21 bits per heavy atom. The maximum atomic E-state index is 12.3. The number of anilines is 1. The van der Waals surface area contributed by atoms with Crippen LogP contribution in [0.25, 0.3) is 0 Å². The van der Waals surface area contributed by atoms with Gasteiger partial charge < -0.3 is 10.6 Å². The fourth-order valence-corrected chi connectivity index (χ4v) is 3.90. The van der Waals surface area contributed by atoms with Crippen molar-refractivity contribution < 1.29 is 9.59 Å². The number of hydrogen-bond donors (Lipinski definition) is 2. The molecular weight excluding hydrogens is 352 g/mol. The molecule has 150 valence electrons. The van der Waals surface area contributed by atoms with Crippen LogP contribution >= 0.6 is 0 Å². The van der Waals surface area contributed by atoms with Crippen molar-refractivity contribution in [3.63, 3.8) is 0 Å². The number of nitrogens with one attached hydrogen (secondary N) is 2. The molecule has 0 unspecified atom stereocenters. The second-order valence-electron chi connectivity index (χ2n) is 7.72. The Hall–Kier alpha value is -2.63. The van der Waals surface area contributed by atoms with Gasteiger partial charge in [0.25, 0.3) is 0 Å². The van der Waals surface area contributed by atoms with Gasteiger partial charge in [0, 0.05) is 37.3 Å². The summed E-state index contributed by atoms with van der Waals surface area (Å²) in [4.78, 5) is 24.5. The number of hydrogen-bond acceptors (Lipinski definition) is 3. The molecule has 0 bridgehead atoms. The Balaban J connectivity index is 1.48. The van der Waals surface area contributed by atoms with E-state index in [9.17, 15) is 9.59 Å². The predicted octanol–water partition coefficient (Wildman–Crippen LogP) is 3.41. The van der Waals surface area contributed by atoms with Crippen LogP contribution in [0.5, 0.6) is 0 Å². The van der Waals surface area contributed by atoms with Gasteiger partial charge in [0.2, 0.25) is 11.8 Å². The maximum Gasteiger partial charge on any atom is 0.227 e. The molecule has 2 amide bonds. The number of rotatable bonds is 7. The molecule has 0 saturated heterocycles. The Bertz CT molecular complexity index is 850. The van der Waals surface area contributed by atoms with Crippen LogP contribution in [-0.4, -0.2) is 21.6 Å². The van der Waals surface area contributed by atoms with Crippen LogP contribution in [0.15, 0.2) is 24.3 Å². The summed E-state index contributed by atoms with van der Waals surface area (Å²) in [6, 6.07) is 7.70. The highest BCUT2D eigenvalue weighted by Crippen LogP contribution is 2.26. The SMILES string of the molecule is Cc1nn(C)c(C)c1CCC(=O)NCc1cccc(NC(=O)C2CCCC2)c1. The third kappa shape index (κ3) is 5.00. The van der Waals surface area contributed by atoms with E-state index in [1.54, 1.807) is 0 Å². The van der Waals surface area contributed by atoms with Crippen molar-refractivity contribution in [1.29, 1.82) is 0 Å². The second kappa shape index (κ2) is 9.04. The smallest absolute Gasteiger partial charge is 0.227 e. The number of benzene rings is 1. The maximum absolute atomic E-state index is 12.3. The number of nitrogens with zero attached hydrogens (tertiary/aromatic N) is 2. The number of carbonyl (C=O) groups excluding carboxylic acids is 2. The van der Waals surface area contributed by atoms with Crippen molar-refractivity contribution in [3.8, 4) is 0 Å². The van der Waals surface area contributed by atoms with Crippen molar-refractivity contribution in [2.75, 3.05) is 5.32 Å². The topological polar surface area (TPSA) is 76.0 Å². The van der Waals surface area contributed by atoms with Gasteiger partial charge in [-0.25, -0.2) is 0 Å². The molecule has 1 fully saturated rings. The van der Waals surface area contributed by atoms with Crippen molar-refractivity contribution in [1.82, 2.24) is 15.1 Å². The lowest BCUT2D eigenvalue weighted by Crippen LogP contribution is -2.23. The lowest BCUT2D eigenvalue weighted by molar-refractivity contribution is -0.121. The molecule has 2 aromatic rings. The Labute approximate surface area is 166 Å². The molecule has 1 heterocycles. The third-order valence-corrected chi connectivity index (χ3v) is 5.67. The highest BCUT2D eigenvalue weighted by Gasteiger charge is 2.22. The molecule has 6 heteroatoms. The molecule has 0 aliphatic heterocycles. The summed E-state index contributed by atoms with van der Waals surface area (Å²) in [6.07, 6.45) is 5.37. The molecule has 1 aromatic carbocycles. The molecule has 28 heavy (non-hydrogen) atoms. The van der Waals surface area contributed by atoms with E-state index in [0.717, 1.165) is 53.9 Å². The van der Waals surface area contributed by atoms with E-state index in [1.807, 2.05) is 49.8 Å². The van der Waals surface area contributed by atoms with Gasteiger partial charge in [-0.05, 0) is 56.4 Å². The van der Waals surface area contributed by atoms with Gasteiger partial charge in [0.1, 0.15) is 0 Å². The van der Waals surface area contributed by atoms with Gasteiger partial charge in [0.15, 0.2) is 0 Å². The molecule has 3 rings (SSSR count). The summed E-state index contributed by atoms with van der Waals surface area (Å²) >= 11 is 0. The molecule has 6 nitrogen and oxygen atoms in total. The first-order valence-corrected chi connectivity index (χ1v) is 10.1. The average molecular weight is 383 g/mol. The van der Waals surface area contributed by atoms with Crippen LogP contribution in [0.2, 0.25) is 0 Å². The summed E-state index contributed by atoms with van der Waals surface area (Å²) in [5.41, 5.74) is 5.01. The van der Waals surface area contributed by atoms with Crippen LogP contribution in [0, 0.1) is 19.8 Å². The zero-order valence-corrected chi connectivity index (χ0v) is 17.0. The lowest BCUT2D eigenvalue weighted by Gasteiger charge is -2.12. The number of aromatic nitrogens is 2. The highest BCUT2D eigenvalue weighted by atomic mass is 16.2. The molecule has 1 aromatic heterocycles. The minimum absolute atomic E-state index is 0.0167. The van der Waals surface area contributed by atoms with Gasteiger partial charge in [0.05, 0.1) is 5.69 Å². The monoisotopic (exact) mass is 382 g/mol. The van der Waals surface area contributed by atoms with Crippen molar-refractivity contribution in [2.45, 2.75) is 58.9 Å². The third-order valence-electron chi connectivity index (χ3n) is 5.67. The molecule has 1 aliphatic carbocycles. The molecule has 0 radical (unpaired) electrons. The van der Waals surface area contributed by atoms with Gasteiger partial charge in [-0.2, -0.15) is 5.10 Å². The number of carbonyl (C=O) groups is 2. The summed E-state index contributed by atoms with van der Waals surface area (Å²) in [7, 11) is 1.92. The van der Waals surface area contributed by atoms with Crippen molar-refractivity contribution in [2.24, 2.45) is 13.0 Å². The molecule has 0 spiro atoms. The number of aryl methyl sites for hydroxylation is 2. The summed E-state index contributed by atoms with van der Waals surface area (Å²) in [5, 5.41) is 10.4. The Morgan fingerprint density at radius 3 is 2.64 bits per heavy atom. The molecule has 1 saturated carbocycles. The van der Waals surface area contributed by atoms with Crippen LogP contribution in [0.1, 0.15) is 54.6 Å². The van der Waals surface area contributed by atoms with Crippen LogP contribution in [-0.2, 0) is 29.6 Å². The molecule has 0 atom stereocenters. The zero-order valence-electron chi connectivity index (χ0n) is 17.0. The van der Waals surface area contributed by atoms with E-state index in [4.69, 9.17) is 0 Å². The average Bonchev–Trinajstić information content (AvgIpc) is 3.28. The van der Waals surface area contributed by atoms with Gasteiger partial charge in [-0.3, -0.25) is 14.3 Å². The second-order valence-corrected chi connectivity index (χ2v) is 7.72. The van der Waals surface area contributed by atoms with E-state index < -0.39 is 0 Å². The van der Waals surface area contributed by atoms with Crippen molar-refractivity contribution >= 4 is 17.5 Å². The minimum atomic E-state index is 0.0167. The van der Waals surface area contributed by atoms with Crippen molar-refractivity contribution in [3.05, 3.63) is 46.8 Å². The highest BCUT2D eigenvalue weighted by molar-refractivity contribution is 5.92. The fraction of sp³-hybridized carbons (Fsp3) is 0.500. The summed E-state index contributed by atoms with van der Waals surface area (Å²) in [6.45, 7) is 4.46. The van der Waals surface area contributed by atoms with Gasteiger partial charge in [-0.1, -0.05) is 25.0 Å². The lowest BCUT2D eigenvalue weighted by atomic mass is 10.1. The minimum Gasteiger partial charge on any atom is -0.352 e. The normalized spacial score (nSPS) is 14.2. The van der Waals surface area contributed by atoms with E-state index in [-0.39, 0.29) is 17.7 Å². The van der Waals surface area contributed by atoms with Gasteiger partial charge in [-0.15, -0.1) is 0 Å². The van der Waals surface area contributed by atoms with E-state index in [2.05, 4.69) is 15.7 Å². The van der Waals surface area contributed by atoms with Gasteiger partial charge >= 0.3 is 0 Å². The first-order valence-electron chi connectivity index (χ1n) is 10.1. The Morgan fingerprint density at radius 2 is 1.96 bits per heavy atom. The first-order chi connectivity index (χ1) is 13.4. The summed E-state index contributed by atoms with van der Waals surface area (Å²) < 4.78 is 1.86. The summed E-state index contributed by atoms with van der Waals surface area (Å²) in [5.74, 6) is 0.270. The quantitative estimate of drug-likeness (QED) is 0.770. The van der Waals surface area contributed by atoms with E-state index in [1.165, 1.54) is 0 Å². The van der Waals surface area contributed by atoms with Crippen LogP contribution in [0.4, 0.5) is 5.69 Å². The largest absolute Gasteiger partial charge is 0.352 e. The molecule has 2 N–H and O–H groups in total. The predicted molar refractivity (Wildman–Crippen MR) is 110 cm³/mol. The van der Waals surface area contributed by atoms with E-state index >= 15 is 0 Å². The Kier molecular flexibility index (Phi) is 6.49. The standard InChI is InChI=1S/C22H30N4O2/c1-15-20(16(2)26(3)25-15)11-12-21(27)23-14-17-7-6-10-19(13-17)24-22(28)18-8-4-5-9-18/h6-7,10,13,18H,4-5,8-9,11-12,14H2,1-3H3,(H,23,27)(H,24,28). The zero-order chi connectivity index (χ0) is 20.1. The van der Waals surface area contributed by atoms with Crippen LogP contribution in [0.3, 0.4) is 0 Å². The fourth-order valence-electron chi connectivity index (χ4n) is 3.90. The molecule has 1 aliphatic rings. The number of amides is 2. The molecular formula is C22H30N4O2. The van der Waals surface area contributed by atoms with E-state index in [0.29, 0.717) is 19.4 Å².